The standard InChI is InChI=1S/C12H28O3Si.C3H5Cl/c1-4-7-10-13-16(14-11-8-5-2)15-12-9-6-3;1-2-3-4/h16H,4-12H2,1-3H3;2H,1,3H2. The van der Waals surface area contributed by atoms with Crippen LogP contribution in [0.1, 0.15) is 59.3 Å². The Hall–Kier alpha value is 0.127. The first-order valence-corrected chi connectivity index (χ1v) is 9.73. The predicted octanol–water partition coefficient (Wildman–Crippen LogP) is 4.56. The molecular weight excluding hydrogens is 292 g/mol. The summed E-state index contributed by atoms with van der Waals surface area (Å²) in [5.41, 5.74) is 0. The lowest BCUT2D eigenvalue weighted by molar-refractivity contribution is 0.0899. The van der Waals surface area contributed by atoms with Crippen molar-refractivity contribution in [2.45, 2.75) is 59.3 Å². The van der Waals surface area contributed by atoms with Crippen molar-refractivity contribution in [3.05, 3.63) is 12.7 Å². The number of hydrogen-bond acceptors (Lipinski definition) is 3. The molecule has 0 fully saturated rings. The van der Waals surface area contributed by atoms with Crippen molar-refractivity contribution in [3.63, 3.8) is 0 Å². The van der Waals surface area contributed by atoms with Crippen LogP contribution in [0.15, 0.2) is 12.7 Å². The third kappa shape index (κ3) is 20.4. The van der Waals surface area contributed by atoms with Crippen LogP contribution in [0.25, 0.3) is 0 Å². The molecule has 0 heterocycles. The van der Waals surface area contributed by atoms with Crippen LogP contribution in [0.3, 0.4) is 0 Å². The van der Waals surface area contributed by atoms with E-state index in [4.69, 9.17) is 24.9 Å². The fourth-order valence-electron chi connectivity index (χ4n) is 1.12. The van der Waals surface area contributed by atoms with Gasteiger partial charge in [-0.25, -0.2) is 0 Å². The number of unbranched alkanes of at least 4 members (excludes halogenated alkanes) is 3. The van der Waals surface area contributed by atoms with Gasteiger partial charge in [0, 0.05) is 25.7 Å². The van der Waals surface area contributed by atoms with Gasteiger partial charge >= 0.3 is 9.53 Å². The van der Waals surface area contributed by atoms with Gasteiger partial charge in [0.25, 0.3) is 0 Å². The summed E-state index contributed by atoms with van der Waals surface area (Å²) in [5, 5.41) is 0. The Kier molecular flexibility index (Phi) is 24.0. The van der Waals surface area contributed by atoms with Gasteiger partial charge in [-0.2, -0.15) is 0 Å². The van der Waals surface area contributed by atoms with Crippen molar-refractivity contribution >= 4 is 21.1 Å². The molecule has 3 nitrogen and oxygen atoms in total. The minimum absolute atomic E-state index is 0.556. The van der Waals surface area contributed by atoms with E-state index < -0.39 is 9.53 Å². The first kappa shape index (κ1) is 22.4. The Morgan fingerprint density at radius 3 is 1.35 bits per heavy atom. The summed E-state index contributed by atoms with van der Waals surface area (Å²) in [4.78, 5) is 0. The smallest absolute Gasteiger partial charge is 0.376 e. The third-order valence-electron chi connectivity index (χ3n) is 2.36. The fourth-order valence-corrected chi connectivity index (χ4v) is 2.48. The average molecular weight is 325 g/mol. The van der Waals surface area contributed by atoms with Crippen LogP contribution in [0.5, 0.6) is 0 Å². The second kappa shape index (κ2) is 21.4. The van der Waals surface area contributed by atoms with Crippen molar-refractivity contribution in [3.8, 4) is 0 Å². The zero-order valence-corrected chi connectivity index (χ0v) is 15.4. The molecule has 0 aromatic rings. The van der Waals surface area contributed by atoms with Gasteiger partial charge in [0.05, 0.1) is 0 Å². The molecule has 20 heavy (non-hydrogen) atoms. The van der Waals surface area contributed by atoms with Gasteiger partial charge in [-0.3, -0.25) is 0 Å². The molecule has 0 amide bonds. The molecule has 0 aliphatic carbocycles. The minimum Gasteiger partial charge on any atom is -0.376 e. The fraction of sp³-hybridized carbons (Fsp3) is 0.867. The van der Waals surface area contributed by atoms with E-state index in [-0.39, 0.29) is 0 Å². The molecule has 0 N–H and O–H groups in total. The number of rotatable bonds is 13. The first-order valence-electron chi connectivity index (χ1n) is 7.78. The largest absolute Gasteiger partial charge is 0.484 e. The third-order valence-corrected chi connectivity index (χ3v) is 4.11. The lowest BCUT2D eigenvalue weighted by Gasteiger charge is -2.16. The van der Waals surface area contributed by atoms with E-state index in [1.807, 2.05) is 0 Å². The molecular formula is C15H33ClO3Si. The number of halogens is 1. The Labute approximate surface area is 132 Å². The summed E-state index contributed by atoms with van der Waals surface area (Å²) in [5.74, 6) is 0.556. The van der Waals surface area contributed by atoms with E-state index in [0.29, 0.717) is 5.88 Å². The highest BCUT2D eigenvalue weighted by Crippen LogP contribution is 2.00. The van der Waals surface area contributed by atoms with E-state index >= 15 is 0 Å². The second-order valence-electron chi connectivity index (χ2n) is 4.40. The van der Waals surface area contributed by atoms with Crippen LogP contribution >= 0.6 is 11.6 Å². The molecule has 0 aliphatic heterocycles. The molecule has 0 aromatic carbocycles. The van der Waals surface area contributed by atoms with Crippen molar-refractivity contribution in [2.24, 2.45) is 0 Å². The van der Waals surface area contributed by atoms with Crippen LogP contribution in [0.2, 0.25) is 0 Å². The second-order valence-corrected chi connectivity index (χ2v) is 6.29. The van der Waals surface area contributed by atoms with Crippen molar-refractivity contribution in [1.82, 2.24) is 0 Å². The summed E-state index contributed by atoms with van der Waals surface area (Å²) in [6.07, 6.45) is 8.40. The highest BCUT2D eigenvalue weighted by atomic mass is 35.5. The molecule has 0 aromatic heterocycles. The van der Waals surface area contributed by atoms with Gasteiger partial charge in [-0.1, -0.05) is 46.1 Å². The highest BCUT2D eigenvalue weighted by molar-refractivity contribution is 6.36. The van der Waals surface area contributed by atoms with E-state index in [9.17, 15) is 0 Å². The maximum Gasteiger partial charge on any atom is 0.484 e. The highest BCUT2D eigenvalue weighted by Gasteiger charge is 2.14. The van der Waals surface area contributed by atoms with Gasteiger partial charge in [-0.05, 0) is 19.3 Å². The minimum atomic E-state index is -1.83. The Morgan fingerprint density at radius 1 is 0.850 bits per heavy atom. The van der Waals surface area contributed by atoms with Crippen molar-refractivity contribution in [1.29, 1.82) is 0 Å². The molecule has 122 valence electrons. The van der Waals surface area contributed by atoms with E-state index in [1.165, 1.54) is 0 Å². The SMILES string of the molecule is C=CCCl.CCCCO[SiH](OCCCC)OCCCC. The topological polar surface area (TPSA) is 27.7 Å². The summed E-state index contributed by atoms with van der Waals surface area (Å²) >= 11 is 5.07. The molecule has 0 radical (unpaired) electrons. The predicted molar refractivity (Wildman–Crippen MR) is 90.6 cm³/mol. The van der Waals surface area contributed by atoms with Gasteiger partial charge < -0.3 is 13.3 Å². The monoisotopic (exact) mass is 324 g/mol. The van der Waals surface area contributed by atoms with Crippen molar-refractivity contribution in [2.75, 3.05) is 25.7 Å². The van der Waals surface area contributed by atoms with Gasteiger partial charge in [0.1, 0.15) is 0 Å². The summed E-state index contributed by atoms with van der Waals surface area (Å²) < 4.78 is 17.0. The molecule has 0 bridgehead atoms. The molecule has 5 heteroatoms. The molecule has 0 spiro atoms. The molecule has 0 saturated heterocycles. The Bertz CT molecular complexity index is 159. The Morgan fingerprint density at radius 2 is 1.15 bits per heavy atom. The number of allylic oxidation sites excluding steroid dienone is 1. The van der Waals surface area contributed by atoms with Crippen LogP contribution in [-0.2, 0) is 13.3 Å². The van der Waals surface area contributed by atoms with Crippen LogP contribution in [0, 0.1) is 0 Å². The molecule has 0 atom stereocenters. The maximum atomic E-state index is 5.67. The van der Waals surface area contributed by atoms with E-state index in [0.717, 1.165) is 58.3 Å². The lowest BCUT2D eigenvalue weighted by Crippen LogP contribution is -2.28. The number of alkyl halides is 1. The van der Waals surface area contributed by atoms with Gasteiger partial charge in [0.15, 0.2) is 0 Å². The lowest BCUT2D eigenvalue weighted by atomic mass is 10.4. The molecule has 0 saturated carbocycles. The molecule has 0 unspecified atom stereocenters. The van der Waals surface area contributed by atoms with Crippen LogP contribution in [0.4, 0.5) is 0 Å². The summed E-state index contributed by atoms with van der Waals surface area (Å²) in [7, 11) is -1.83. The zero-order chi connectivity index (χ0) is 15.5. The quantitative estimate of drug-likeness (QED) is 0.215. The normalized spacial score (nSPS) is 10.2. The van der Waals surface area contributed by atoms with Crippen LogP contribution < -0.4 is 0 Å². The zero-order valence-electron chi connectivity index (χ0n) is 13.5. The summed E-state index contributed by atoms with van der Waals surface area (Å²) in [6.45, 7) is 12.2. The van der Waals surface area contributed by atoms with Gasteiger partial charge in [0.2, 0.25) is 0 Å². The van der Waals surface area contributed by atoms with Crippen molar-refractivity contribution < 1.29 is 13.3 Å². The van der Waals surface area contributed by atoms with Gasteiger partial charge in [-0.15, -0.1) is 18.2 Å². The van der Waals surface area contributed by atoms with Crippen LogP contribution in [-0.4, -0.2) is 35.2 Å². The average Bonchev–Trinajstić information content (AvgIpc) is 2.47. The number of hydrogen-bond donors (Lipinski definition) is 0. The summed E-state index contributed by atoms with van der Waals surface area (Å²) in [6, 6.07) is 0. The molecule has 0 rings (SSSR count). The van der Waals surface area contributed by atoms with E-state index in [2.05, 4.69) is 27.4 Å². The maximum absolute atomic E-state index is 5.67. The first-order chi connectivity index (χ1) is 9.76. The molecule has 0 aliphatic rings. The Balaban J connectivity index is 0. The van der Waals surface area contributed by atoms with E-state index in [1.54, 1.807) is 6.08 Å².